The highest BCUT2D eigenvalue weighted by Gasteiger charge is 2.43. The van der Waals surface area contributed by atoms with E-state index in [4.69, 9.17) is 25.8 Å². The zero-order valence-corrected chi connectivity index (χ0v) is 17.3. The summed E-state index contributed by atoms with van der Waals surface area (Å²) < 4.78 is 15.0. The van der Waals surface area contributed by atoms with E-state index in [1.54, 1.807) is 12.1 Å². The molecular weight excluding hydrogens is 398 g/mol. The monoisotopic (exact) mass is 423 g/mol. The van der Waals surface area contributed by atoms with Crippen LogP contribution in [0.3, 0.4) is 0 Å². The van der Waals surface area contributed by atoms with Gasteiger partial charge in [0.25, 0.3) is 0 Å². The van der Waals surface area contributed by atoms with E-state index in [0.29, 0.717) is 36.6 Å². The summed E-state index contributed by atoms with van der Waals surface area (Å²) in [6, 6.07) is 7.20. The van der Waals surface area contributed by atoms with Gasteiger partial charge in [-0.3, -0.25) is 9.59 Å². The molecule has 1 N–H and O–H groups in total. The number of rotatable bonds is 7. The fourth-order valence-corrected chi connectivity index (χ4v) is 4.20. The fourth-order valence-electron chi connectivity index (χ4n) is 3.88. The minimum Gasteiger partial charge on any atom is -0.428 e. The summed E-state index contributed by atoms with van der Waals surface area (Å²) in [5, 5.41) is 3.14. The van der Waals surface area contributed by atoms with Crippen LogP contribution >= 0.6 is 11.6 Å². The molecule has 1 aliphatic carbocycles. The van der Waals surface area contributed by atoms with Gasteiger partial charge in [0.15, 0.2) is 0 Å². The maximum Gasteiger partial charge on any atom is 0.410 e. The van der Waals surface area contributed by atoms with Gasteiger partial charge < -0.3 is 19.5 Å². The Hall–Kier alpha value is -2.12. The zero-order chi connectivity index (χ0) is 20.9. The number of esters is 1. The molecule has 0 aromatic heterocycles. The van der Waals surface area contributed by atoms with Gasteiger partial charge in [-0.1, -0.05) is 43.1 Å². The Morgan fingerprint density at radius 2 is 1.97 bits per heavy atom. The average Bonchev–Trinajstić information content (AvgIpc) is 2.67. The predicted molar refractivity (Wildman–Crippen MR) is 106 cm³/mol. The lowest BCUT2D eigenvalue weighted by Crippen LogP contribution is -2.48. The lowest BCUT2D eigenvalue weighted by molar-refractivity contribution is -0.165. The Bertz CT molecular complexity index is 778. The summed E-state index contributed by atoms with van der Waals surface area (Å²) >= 11 is 6.35. The molecular formula is C21H26ClNO6. The first-order valence-corrected chi connectivity index (χ1v) is 10.1. The Balaban J connectivity index is 1.53. The Morgan fingerprint density at radius 3 is 2.62 bits per heavy atom. The normalized spacial score (nSPS) is 23.0. The Kier molecular flexibility index (Phi) is 6.80. The van der Waals surface area contributed by atoms with Gasteiger partial charge in [0.05, 0.1) is 25.0 Å². The number of carbonyl (C=O) groups is 3. The molecule has 158 valence electrons. The molecule has 2 aliphatic rings. The van der Waals surface area contributed by atoms with Gasteiger partial charge in [-0.25, -0.2) is 4.79 Å². The van der Waals surface area contributed by atoms with Gasteiger partial charge in [0.2, 0.25) is 6.79 Å². The van der Waals surface area contributed by atoms with Gasteiger partial charge in [-0.05, 0) is 24.5 Å². The molecule has 1 amide bonds. The molecule has 1 saturated carbocycles. The molecule has 29 heavy (non-hydrogen) atoms. The topological polar surface area (TPSA) is 90.9 Å². The van der Waals surface area contributed by atoms with Crippen LogP contribution in [0, 0.1) is 5.41 Å². The third kappa shape index (κ3) is 5.08. The molecule has 1 aliphatic heterocycles. The Morgan fingerprint density at radius 1 is 1.21 bits per heavy atom. The van der Waals surface area contributed by atoms with Crippen molar-refractivity contribution in [1.82, 2.24) is 5.32 Å². The quantitative estimate of drug-likeness (QED) is 0.534. The van der Waals surface area contributed by atoms with Gasteiger partial charge >= 0.3 is 12.1 Å². The van der Waals surface area contributed by atoms with Gasteiger partial charge in [-0.2, -0.15) is 0 Å². The van der Waals surface area contributed by atoms with Gasteiger partial charge in [0.1, 0.15) is 5.78 Å². The zero-order valence-electron chi connectivity index (χ0n) is 16.5. The molecule has 0 spiro atoms. The van der Waals surface area contributed by atoms with Crippen molar-refractivity contribution in [3.8, 4) is 0 Å². The number of benzene rings is 1. The van der Waals surface area contributed by atoms with E-state index in [0.717, 1.165) is 12.8 Å². The molecule has 1 saturated heterocycles. The van der Waals surface area contributed by atoms with Crippen molar-refractivity contribution >= 4 is 29.4 Å². The highest BCUT2D eigenvalue weighted by atomic mass is 35.5. The summed E-state index contributed by atoms with van der Waals surface area (Å²) in [6.45, 7) is 2.57. The third-order valence-corrected chi connectivity index (χ3v) is 5.93. The molecule has 1 atom stereocenters. The highest BCUT2D eigenvalue weighted by molar-refractivity contribution is 6.31. The van der Waals surface area contributed by atoms with Crippen LogP contribution in [-0.2, 0) is 29.2 Å². The number of alkyl carbamates (subject to hydrolysis) is 1. The van der Waals surface area contributed by atoms with Crippen LogP contribution in [0.5, 0.6) is 0 Å². The maximum atomic E-state index is 12.8. The lowest BCUT2D eigenvalue weighted by Gasteiger charge is -2.37. The van der Waals surface area contributed by atoms with E-state index in [2.05, 4.69) is 5.32 Å². The molecule has 0 radical (unpaired) electrons. The van der Waals surface area contributed by atoms with Crippen molar-refractivity contribution in [1.29, 1.82) is 0 Å². The van der Waals surface area contributed by atoms with Crippen molar-refractivity contribution < 1.29 is 28.6 Å². The summed E-state index contributed by atoms with van der Waals surface area (Å²) in [4.78, 5) is 36.7. The summed E-state index contributed by atoms with van der Waals surface area (Å²) in [6.07, 6.45) is 2.21. The second kappa shape index (κ2) is 9.13. The van der Waals surface area contributed by atoms with Crippen molar-refractivity contribution in [2.75, 3.05) is 26.6 Å². The van der Waals surface area contributed by atoms with E-state index in [-0.39, 0.29) is 24.2 Å². The smallest absolute Gasteiger partial charge is 0.410 e. The first-order valence-electron chi connectivity index (χ1n) is 9.77. The maximum absolute atomic E-state index is 12.8. The number of hydrogen-bond donors (Lipinski definition) is 1. The minimum absolute atomic E-state index is 0.0551. The molecule has 2 fully saturated rings. The number of nitrogens with one attached hydrogen (secondary N) is 1. The van der Waals surface area contributed by atoms with Crippen LogP contribution in [0.4, 0.5) is 4.79 Å². The van der Waals surface area contributed by atoms with E-state index in [1.807, 2.05) is 19.1 Å². The number of amides is 1. The SMILES string of the molecule is CC1(CC(=O)OCOC(=O)NC[C@]2(c3ccccc3Cl)CCCCC2=O)COC1. The largest absolute Gasteiger partial charge is 0.428 e. The van der Waals surface area contributed by atoms with Gasteiger partial charge in [-0.15, -0.1) is 0 Å². The van der Waals surface area contributed by atoms with E-state index < -0.39 is 24.3 Å². The molecule has 3 rings (SSSR count). The predicted octanol–water partition coefficient (Wildman–Crippen LogP) is 3.37. The molecule has 8 heteroatoms. The summed E-state index contributed by atoms with van der Waals surface area (Å²) in [7, 11) is 0. The standard InChI is InChI=1S/C21H26ClNO6/c1-20(12-27-13-20)10-18(25)28-14-29-19(26)23-11-21(9-5-4-8-17(21)24)15-6-2-3-7-16(15)22/h2-3,6-7H,4-5,8-14H2,1H3,(H,23,26)/t21-/m0/s1. The van der Waals surface area contributed by atoms with Crippen LogP contribution in [0.25, 0.3) is 0 Å². The van der Waals surface area contributed by atoms with Crippen molar-refractivity contribution in [3.05, 3.63) is 34.9 Å². The molecule has 1 aromatic rings. The summed E-state index contributed by atoms with van der Waals surface area (Å²) in [5.41, 5.74) is -0.360. The molecule has 1 heterocycles. The van der Waals surface area contributed by atoms with Crippen LogP contribution in [0.1, 0.15) is 44.6 Å². The van der Waals surface area contributed by atoms with Gasteiger partial charge in [0, 0.05) is 23.4 Å². The van der Waals surface area contributed by atoms with Crippen LogP contribution in [0.2, 0.25) is 5.02 Å². The fraction of sp³-hybridized carbons (Fsp3) is 0.571. The van der Waals surface area contributed by atoms with Crippen LogP contribution in [0.15, 0.2) is 24.3 Å². The molecule has 0 bridgehead atoms. The first kappa shape index (κ1) is 21.6. The third-order valence-electron chi connectivity index (χ3n) is 5.60. The van der Waals surface area contributed by atoms with Crippen molar-refractivity contribution in [2.45, 2.75) is 44.4 Å². The van der Waals surface area contributed by atoms with E-state index >= 15 is 0 Å². The number of hydrogen-bond acceptors (Lipinski definition) is 6. The van der Waals surface area contributed by atoms with Crippen molar-refractivity contribution in [3.63, 3.8) is 0 Å². The number of carbonyl (C=O) groups excluding carboxylic acids is 3. The Labute approximate surface area is 175 Å². The summed E-state index contributed by atoms with van der Waals surface area (Å²) in [5.74, 6) is -0.391. The van der Waals surface area contributed by atoms with Crippen LogP contribution < -0.4 is 5.32 Å². The lowest BCUT2D eigenvalue weighted by atomic mass is 9.68. The number of halogens is 1. The van der Waals surface area contributed by atoms with Crippen molar-refractivity contribution in [2.24, 2.45) is 5.41 Å². The van der Waals surface area contributed by atoms with Crippen LogP contribution in [-0.4, -0.2) is 44.4 Å². The highest BCUT2D eigenvalue weighted by Crippen LogP contribution is 2.39. The second-order valence-electron chi connectivity index (χ2n) is 8.09. The van der Waals surface area contributed by atoms with E-state index in [9.17, 15) is 14.4 Å². The number of ether oxygens (including phenoxy) is 3. The minimum atomic E-state index is -0.870. The average molecular weight is 424 g/mol. The second-order valence-corrected chi connectivity index (χ2v) is 8.50. The molecule has 7 nitrogen and oxygen atoms in total. The first-order chi connectivity index (χ1) is 13.8. The number of Topliss-reactive ketones (excluding diaryl/α,β-unsaturated/α-hetero) is 1. The number of ketones is 1. The molecule has 1 aromatic carbocycles. The molecule has 0 unspecified atom stereocenters. The van der Waals surface area contributed by atoms with E-state index in [1.165, 1.54) is 0 Å².